The summed E-state index contributed by atoms with van der Waals surface area (Å²) in [7, 11) is 1.72. The Balaban J connectivity index is 1.82. The van der Waals surface area contributed by atoms with E-state index in [1.54, 1.807) is 13.3 Å². The number of ether oxygens (including phenoxy) is 1. The molecule has 0 bridgehead atoms. The number of carbonyl (C=O) groups is 1. The van der Waals surface area contributed by atoms with Crippen LogP contribution in [0.3, 0.4) is 0 Å². The summed E-state index contributed by atoms with van der Waals surface area (Å²) < 4.78 is 5.33. The minimum absolute atomic E-state index is 0.100. The van der Waals surface area contributed by atoms with Crippen LogP contribution in [0.15, 0.2) is 12.3 Å². The molecule has 2 aromatic heterocycles. The molecule has 3 N–H and O–H groups in total. The average molecular weight is 305 g/mol. The van der Waals surface area contributed by atoms with Crippen LogP contribution in [-0.4, -0.2) is 30.1 Å². The molecule has 1 aliphatic carbocycles. The minimum atomic E-state index is -0.100. The SMILES string of the molecule is COC1CCC(NC(=O)c2sc3nccc(C)c3c2N)C1. The zero-order valence-corrected chi connectivity index (χ0v) is 13.0. The third-order valence-electron chi connectivity index (χ3n) is 4.10. The summed E-state index contributed by atoms with van der Waals surface area (Å²) >= 11 is 1.36. The van der Waals surface area contributed by atoms with E-state index in [-0.39, 0.29) is 18.1 Å². The van der Waals surface area contributed by atoms with Crippen molar-refractivity contribution in [2.45, 2.75) is 38.3 Å². The van der Waals surface area contributed by atoms with Crippen molar-refractivity contribution < 1.29 is 9.53 Å². The van der Waals surface area contributed by atoms with E-state index in [9.17, 15) is 4.79 Å². The molecule has 2 aromatic rings. The van der Waals surface area contributed by atoms with Crippen molar-refractivity contribution in [3.8, 4) is 0 Å². The van der Waals surface area contributed by atoms with E-state index >= 15 is 0 Å². The number of aryl methyl sites for hydroxylation is 1. The molecule has 3 rings (SSSR count). The van der Waals surface area contributed by atoms with E-state index in [0.29, 0.717) is 10.6 Å². The van der Waals surface area contributed by atoms with Crippen molar-refractivity contribution in [1.29, 1.82) is 0 Å². The monoisotopic (exact) mass is 305 g/mol. The van der Waals surface area contributed by atoms with Crippen LogP contribution in [0.2, 0.25) is 0 Å². The van der Waals surface area contributed by atoms with Crippen LogP contribution in [0, 0.1) is 6.92 Å². The second-order valence-corrected chi connectivity index (χ2v) is 6.49. The van der Waals surface area contributed by atoms with Gasteiger partial charge >= 0.3 is 0 Å². The largest absolute Gasteiger partial charge is 0.397 e. The molecule has 2 atom stereocenters. The summed E-state index contributed by atoms with van der Waals surface area (Å²) in [6, 6.07) is 2.08. The van der Waals surface area contributed by atoms with Gasteiger partial charge in [-0.05, 0) is 37.8 Å². The molecule has 5 nitrogen and oxygen atoms in total. The van der Waals surface area contributed by atoms with Gasteiger partial charge in [-0.25, -0.2) is 4.98 Å². The number of aromatic nitrogens is 1. The van der Waals surface area contributed by atoms with Crippen LogP contribution < -0.4 is 11.1 Å². The molecule has 6 heteroatoms. The molecule has 0 aromatic carbocycles. The lowest BCUT2D eigenvalue weighted by atomic mass is 10.1. The zero-order chi connectivity index (χ0) is 15.0. The maximum absolute atomic E-state index is 12.4. The number of nitrogens with one attached hydrogen (secondary N) is 1. The van der Waals surface area contributed by atoms with E-state index in [2.05, 4.69) is 10.3 Å². The Morgan fingerprint density at radius 3 is 3.00 bits per heavy atom. The van der Waals surface area contributed by atoms with E-state index in [0.717, 1.165) is 35.0 Å². The van der Waals surface area contributed by atoms with Gasteiger partial charge in [-0.3, -0.25) is 4.79 Å². The highest BCUT2D eigenvalue weighted by Gasteiger charge is 2.27. The number of carbonyl (C=O) groups excluding carboxylic acids is 1. The van der Waals surface area contributed by atoms with Crippen LogP contribution in [0.25, 0.3) is 10.2 Å². The summed E-state index contributed by atoms with van der Waals surface area (Å²) in [5.41, 5.74) is 7.74. The first-order valence-electron chi connectivity index (χ1n) is 7.07. The van der Waals surface area contributed by atoms with Crippen LogP contribution in [0.1, 0.15) is 34.5 Å². The number of fused-ring (bicyclic) bond motifs is 1. The number of amides is 1. The van der Waals surface area contributed by atoms with Gasteiger partial charge in [-0.1, -0.05) is 0 Å². The number of thiophene rings is 1. The molecule has 0 radical (unpaired) electrons. The molecular formula is C15H19N3O2S. The van der Waals surface area contributed by atoms with Crippen LogP contribution in [-0.2, 0) is 4.74 Å². The molecule has 2 heterocycles. The number of rotatable bonds is 3. The van der Waals surface area contributed by atoms with Gasteiger partial charge in [0.2, 0.25) is 0 Å². The van der Waals surface area contributed by atoms with Gasteiger partial charge < -0.3 is 15.8 Å². The molecule has 0 aliphatic heterocycles. The van der Waals surface area contributed by atoms with Crippen LogP contribution in [0.4, 0.5) is 5.69 Å². The van der Waals surface area contributed by atoms with Gasteiger partial charge in [-0.2, -0.15) is 0 Å². The summed E-state index contributed by atoms with van der Waals surface area (Å²) in [6.07, 6.45) is 4.80. The normalized spacial score (nSPS) is 21.8. The van der Waals surface area contributed by atoms with Crippen molar-refractivity contribution in [3.63, 3.8) is 0 Å². The number of nitrogens with two attached hydrogens (primary N) is 1. The van der Waals surface area contributed by atoms with Crippen molar-refractivity contribution in [2.24, 2.45) is 0 Å². The first kappa shape index (κ1) is 14.3. The minimum Gasteiger partial charge on any atom is -0.397 e. The number of hydrogen-bond donors (Lipinski definition) is 2. The number of nitrogen functional groups attached to an aromatic ring is 1. The molecule has 21 heavy (non-hydrogen) atoms. The fourth-order valence-corrected chi connectivity index (χ4v) is 3.95. The van der Waals surface area contributed by atoms with E-state index < -0.39 is 0 Å². The number of anilines is 1. The fraction of sp³-hybridized carbons (Fsp3) is 0.467. The number of pyridine rings is 1. The third-order valence-corrected chi connectivity index (χ3v) is 5.21. The summed E-state index contributed by atoms with van der Waals surface area (Å²) in [4.78, 5) is 18.1. The lowest BCUT2D eigenvalue weighted by Gasteiger charge is -2.12. The van der Waals surface area contributed by atoms with Gasteiger partial charge in [0.25, 0.3) is 5.91 Å². The second kappa shape index (κ2) is 5.61. The Bertz CT molecular complexity index is 683. The lowest BCUT2D eigenvalue weighted by molar-refractivity contribution is 0.0919. The Kier molecular flexibility index (Phi) is 3.82. The van der Waals surface area contributed by atoms with Crippen molar-refractivity contribution in [2.75, 3.05) is 12.8 Å². The number of hydrogen-bond acceptors (Lipinski definition) is 5. The van der Waals surface area contributed by atoms with Crippen molar-refractivity contribution in [1.82, 2.24) is 10.3 Å². The quantitative estimate of drug-likeness (QED) is 0.913. The molecule has 2 unspecified atom stereocenters. The lowest BCUT2D eigenvalue weighted by Crippen LogP contribution is -2.33. The number of methoxy groups -OCH3 is 1. The second-order valence-electron chi connectivity index (χ2n) is 5.49. The van der Waals surface area contributed by atoms with E-state index in [1.807, 2.05) is 13.0 Å². The third kappa shape index (κ3) is 2.61. The summed E-state index contributed by atoms with van der Waals surface area (Å²) in [5.74, 6) is -0.100. The number of nitrogens with zero attached hydrogens (tertiary/aromatic N) is 1. The van der Waals surface area contributed by atoms with Gasteiger partial charge in [-0.15, -0.1) is 11.3 Å². The highest BCUT2D eigenvalue weighted by atomic mass is 32.1. The molecule has 1 fully saturated rings. The van der Waals surface area contributed by atoms with Crippen LogP contribution >= 0.6 is 11.3 Å². The Labute approximate surface area is 127 Å². The molecule has 112 valence electrons. The predicted molar refractivity (Wildman–Crippen MR) is 84.7 cm³/mol. The average Bonchev–Trinajstić information content (AvgIpc) is 3.04. The standard InChI is InChI=1S/C15H19N3O2S/c1-8-5-6-17-15-11(8)12(16)13(21-15)14(19)18-9-3-4-10(7-9)20-2/h5-6,9-10H,3-4,7,16H2,1-2H3,(H,18,19). The highest BCUT2D eigenvalue weighted by molar-refractivity contribution is 7.21. The molecule has 0 spiro atoms. The maximum Gasteiger partial charge on any atom is 0.263 e. The Morgan fingerprint density at radius 2 is 2.33 bits per heavy atom. The van der Waals surface area contributed by atoms with Crippen molar-refractivity contribution in [3.05, 3.63) is 22.7 Å². The maximum atomic E-state index is 12.4. The van der Waals surface area contributed by atoms with Gasteiger partial charge in [0.1, 0.15) is 9.71 Å². The van der Waals surface area contributed by atoms with Crippen LogP contribution in [0.5, 0.6) is 0 Å². The summed E-state index contributed by atoms with van der Waals surface area (Å²) in [6.45, 7) is 1.98. The first-order valence-corrected chi connectivity index (χ1v) is 7.89. The predicted octanol–water partition coefficient (Wildman–Crippen LogP) is 2.48. The smallest absolute Gasteiger partial charge is 0.263 e. The highest BCUT2D eigenvalue weighted by Crippen LogP contribution is 2.34. The van der Waals surface area contributed by atoms with E-state index in [1.165, 1.54) is 11.3 Å². The van der Waals surface area contributed by atoms with E-state index in [4.69, 9.17) is 10.5 Å². The molecule has 1 saturated carbocycles. The molecule has 1 amide bonds. The Hall–Kier alpha value is -1.66. The first-order chi connectivity index (χ1) is 10.1. The molecule has 0 saturated heterocycles. The summed E-state index contributed by atoms with van der Waals surface area (Å²) in [5, 5.41) is 3.96. The van der Waals surface area contributed by atoms with Gasteiger partial charge in [0.15, 0.2) is 0 Å². The van der Waals surface area contributed by atoms with Crippen molar-refractivity contribution >= 4 is 33.1 Å². The zero-order valence-electron chi connectivity index (χ0n) is 12.2. The molecule has 1 aliphatic rings. The fourth-order valence-electron chi connectivity index (χ4n) is 2.91. The Morgan fingerprint density at radius 1 is 1.52 bits per heavy atom. The molecular weight excluding hydrogens is 286 g/mol. The topological polar surface area (TPSA) is 77.2 Å². The van der Waals surface area contributed by atoms with Gasteiger partial charge in [0, 0.05) is 24.7 Å². The van der Waals surface area contributed by atoms with Gasteiger partial charge in [0.05, 0.1) is 11.8 Å².